The van der Waals surface area contributed by atoms with Crippen LogP contribution in [0.15, 0.2) is 53.5 Å². The van der Waals surface area contributed by atoms with E-state index in [1.807, 2.05) is 32.0 Å². The minimum atomic E-state index is -0.380. The minimum absolute atomic E-state index is 0.157. The number of aromatic nitrogens is 3. The third-order valence-electron chi connectivity index (χ3n) is 5.47. The van der Waals surface area contributed by atoms with Gasteiger partial charge in [-0.25, -0.2) is 9.67 Å². The largest absolute Gasteiger partial charge is 0.495 e. The lowest BCUT2D eigenvalue weighted by atomic mass is 10.1. The van der Waals surface area contributed by atoms with Crippen LogP contribution in [-0.4, -0.2) is 34.5 Å². The van der Waals surface area contributed by atoms with E-state index >= 15 is 0 Å². The molecule has 9 heteroatoms. The van der Waals surface area contributed by atoms with E-state index in [-0.39, 0.29) is 18.0 Å². The molecule has 170 valence electrons. The first-order valence-corrected chi connectivity index (χ1v) is 10.6. The van der Waals surface area contributed by atoms with Crippen LogP contribution in [-0.2, 0) is 11.3 Å². The molecule has 0 saturated heterocycles. The van der Waals surface area contributed by atoms with Gasteiger partial charge in [-0.15, -0.1) is 0 Å². The molecule has 0 aliphatic carbocycles. The Morgan fingerprint density at radius 1 is 1.06 bits per heavy atom. The Balaban J connectivity index is 1.76. The van der Waals surface area contributed by atoms with Crippen molar-refractivity contribution in [3.05, 3.63) is 75.2 Å². The van der Waals surface area contributed by atoms with Crippen molar-refractivity contribution < 1.29 is 14.3 Å². The molecule has 0 aliphatic rings. The van der Waals surface area contributed by atoms with Gasteiger partial charge in [0.1, 0.15) is 18.0 Å². The summed E-state index contributed by atoms with van der Waals surface area (Å²) < 4.78 is 13.6. The smallest absolute Gasteiger partial charge is 0.280 e. The Bertz CT molecular complexity index is 1420. The summed E-state index contributed by atoms with van der Waals surface area (Å²) in [5, 5.41) is 3.56. The Kier molecular flexibility index (Phi) is 6.11. The zero-order valence-electron chi connectivity index (χ0n) is 18.7. The van der Waals surface area contributed by atoms with E-state index in [1.165, 1.54) is 18.9 Å². The maximum absolute atomic E-state index is 13.2. The highest BCUT2D eigenvalue weighted by Gasteiger charge is 2.19. The lowest BCUT2D eigenvalue weighted by molar-refractivity contribution is -0.117. The number of methoxy groups -OCH3 is 2. The molecule has 0 aliphatic heterocycles. The van der Waals surface area contributed by atoms with Crippen molar-refractivity contribution in [1.82, 2.24) is 14.3 Å². The van der Waals surface area contributed by atoms with E-state index in [4.69, 9.17) is 21.1 Å². The SMILES string of the molecule is COc1cc(OC)c(NC(=O)Cn2c3ncccc3c(=O)n2-c2ccc(C)c(C)c2)cc1Cl. The second-order valence-corrected chi connectivity index (χ2v) is 7.96. The fourth-order valence-corrected chi connectivity index (χ4v) is 3.87. The molecule has 1 amide bonds. The Morgan fingerprint density at radius 2 is 1.82 bits per heavy atom. The van der Waals surface area contributed by atoms with Crippen LogP contribution in [0.3, 0.4) is 0 Å². The molecule has 0 saturated carbocycles. The summed E-state index contributed by atoms with van der Waals surface area (Å²) in [5.74, 6) is 0.442. The third-order valence-corrected chi connectivity index (χ3v) is 5.77. The number of halogens is 1. The molecular formula is C24H23ClN4O4. The van der Waals surface area contributed by atoms with Crippen LogP contribution in [0.25, 0.3) is 16.7 Å². The van der Waals surface area contributed by atoms with Crippen LogP contribution in [0.2, 0.25) is 5.02 Å². The number of benzene rings is 2. The summed E-state index contributed by atoms with van der Waals surface area (Å²) in [5.41, 5.74) is 3.34. The first-order valence-electron chi connectivity index (χ1n) is 10.2. The highest BCUT2D eigenvalue weighted by molar-refractivity contribution is 6.32. The molecule has 0 bridgehead atoms. The van der Waals surface area contributed by atoms with Crippen LogP contribution in [0.5, 0.6) is 11.5 Å². The number of nitrogens with one attached hydrogen (secondary N) is 1. The van der Waals surface area contributed by atoms with Gasteiger partial charge in [-0.1, -0.05) is 17.7 Å². The highest BCUT2D eigenvalue weighted by Crippen LogP contribution is 2.35. The molecule has 2 aromatic heterocycles. The number of amides is 1. The first kappa shape index (κ1) is 22.4. The molecule has 33 heavy (non-hydrogen) atoms. The lowest BCUT2D eigenvalue weighted by Gasteiger charge is -2.15. The van der Waals surface area contributed by atoms with Crippen LogP contribution in [0.4, 0.5) is 5.69 Å². The molecule has 0 fully saturated rings. The maximum atomic E-state index is 13.2. The van der Waals surface area contributed by atoms with Gasteiger partial charge in [-0.05, 0) is 55.3 Å². The zero-order chi connectivity index (χ0) is 23.7. The fourth-order valence-electron chi connectivity index (χ4n) is 3.63. The number of hydrogen-bond donors (Lipinski definition) is 1. The number of fused-ring (bicyclic) bond motifs is 1. The van der Waals surface area contributed by atoms with Crippen molar-refractivity contribution in [1.29, 1.82) is 0 Å². The average Bonchev–Trinajstić information content (AvgIpc) is 3.07. The van der Waals surface area contributed by atoms with Gasteiger partial charge in [0.05, 0.1) is 36.0 Å². The highest BCUT2D eigenvalue weighted by atomic mass is 35.5. The number of carbonyl (C=O) groups is 1. The number of hydrogen-bond acceptors (Lipinski definition) is 5. The van der Waals surface area contributed by atoms with Gasteiger partial charge in [0.25, 0.3) is 5.56 Å². The zero-order valence-corrected chi connectivity index (χ0v) is 19.4. The summed E-state index contributed by atoms with van der Waals surface area (Å²) >= 11 is 6.22. The third kappa shape index (κ3) is 4.17. The van der Waals surface area contributed by atoms with Crippen molar-refractivity contribution in [3.63, 3.8) is 0 Å². The number of aryl methyl sites for hydroxylation is 2. The molecular weight excluding hydrogens is 444 g/mol. The monoisotopic (exact) mass is 466 g/mol. The van der Waals surface area contributed by atoms with Crippen LogP contribution in [0.1, 0.15) is 11.1 Å². The number of carbonyl (C=O) groups excluding carboxylic acids is 1. The average molecular weight is 467 g/mol. The van der Waals surface area contributed by atoms with Gasteiger partial charge in [0.2, 0.25) is 5.91 Å². The quantitative estimate of drug-likeness (QED) is 0.462. The predicted octanol–water partition coefficient (Wildman–Crippen LogP) is 4.11. The summed E-state index contributed by atoms with van der Waals surface area (Å²) in [4.78, 5) is 30.6. The summed E-state index contributed by atoms with van der Waals surface area (Å²) in [7, 11) is 2.98. The molecule has 8 nitrogen and oxygen atoms in total. The molecule has 4 aromatic rings. The molecule has 0 radical (unpaired) electrons. The van der Waals surface area contributed by atoms with Crippen LogP contribution in [0, 0.1) is 13.8 Å². The molecule has 0 spiro atoms. The molecule has 1 N–H and O–H groups in total. The number of ether oxygens (including phenoxy) is 2. The minimum Gasteiger partial charge on any atom is -0.495 e. The van der Waals surface area contributed by atoms with Crippen LogP contribution >= 0.6 is 11.6 Å². The summed E-state index contributed by atoms with van der Waals surface area (Å²) in [6.07, 6.45) is 1.59. The van der Waals surface area contributed by atoms with Gasteiger partial charge < -0.3 is 14.8 Å². The molecule has 0 unspecified atom stereocenters. The second-order valence-electron chi connectivity index (χ2n) is 7.55. The van der Waals surface area contributed by atoms with E-state index in [1.54, 1.807) is 35.1 Å². The van der Waals surface area contributed by atoms with E-state index in [0.717, 1.165) is 11.1 Å². The Morgan fingerprint density at radius 3 is 2.52 bits per heavy atom. The summed E-state index contributed by atoms with van der Waals surface area (Å²) in [6.45, 7) is 3.82. The fraction of sp³-hybridized carbons (Fsp3) is 0.208. The lowest BCUT2D eigenvalue weighted by Crippen LogP contribution is -2.27. The van der Waals surface area contributed by atoms with Crippen molar-refractivity contribution in [2.24, 2.45) is 0 Å². The van der Waals surface area contributed by atoms with E-state index in [2.05, 4.69) is 10.3 Å². The van der Waals surface area contributed by atoms with Gasteiger partial charge in [-0.2, -0.15) is 0 Å². The van der Waals surface area contributed by atoms with E-state index in [9.17, 15) is 9.59 Å². The van der Waals surface area contributed by atoms with Crippen molar-refractivity contribution >= 4 is 34.2 Å². The number of nitrogens with zero attached hydrogens (tertiary/aromatic N) is 3. The van der Waals surface area contributed by atoms with E-state index in [0.29, 0.717) is 38.9 Å². The standard InChI is InChI=1S/C24H23ClN4O4/c1-14-7-8-16(10-15(14)2)29-24(31)17-6-5-9-26-23(17)28(29)13-22(30)27-19-11-18(25)20(32-3)12-21(19)33-4/h5-12H,13H2,1-4H3,(H,27,30). The predicted molar refractivity (Wildman–Crippen MR) is 128 cm³/mol. The van der Waals surface area contributed by atoms with E-state index < -0.39 is 0 Å². The van der Waals surface area contributed by atoms with Crippen molar-refractivity contribution in [2.75, 3.05) is 19.5 Å². The first-order chi connectivity index (χ1) is 15.8. The number of rotatable bonds is 6. The molecule has 4 rings (SSSR count). The molecule has 2 heterocycles. The molecule has 2 aromatic carbocycles. The molecule has 0 atom stereocenters. The Labute approximate surface area is 195 Å². The Hall–Kier alpha value is -3.78. The van der Waals surface area contributed by atoms with Gasteiger partial charge in [-0.3, -0.25) is 14.3 Å². The number of anilines is 1. The normalized spacial score (nSPS) is 10.9. The number of pyridine rings is 1. The topological polar surface area (TPSA) is 87.4 Å². The maximum Gasteiger partial charge on any atom is 0.280 e. The van der Waals surface area contributed by atoms with Crippen molar-refractivity contribution in [2.45, 2.75) is 20.4 Å². The van der Waals surface area contributed by atoms with Gasteiger partial charge in [0.15, 0.2) is 5.65 Å². The van der Waals surface area contributed by atoms with Gasteiger partial charge >= 0.3 is 0 Å². The summed E-state index contributed by atoms with van der Waals surface area (Å²) in [6, 6.07) is 12.2. The van der Waals surface area contributed by atoms with Gasteiger partial charge in [0, 0.05) is 12.3 Å². The van der Waals surface area contributed by atoms with Crippen molar-refractivity contribution in [3.8, 4) is 17.2 Å². The second kappa shape index (κ2) is 8.99. The van der Waals surface area contributed by atoms with Crippen LogP contribution < -0.4 is 20.3 Å².